The van der Waals surface area contributed by atoms with Crippen LogP contribution >= 0.6 is 0 Å². The third-order valence-electron chi connectivity index (χ3n) is 6.65. The van der Waals surface area contributed by atoms with Crippen LogP contribution < -0.4 is 0 Å². The topological polar surface area (TPSA) is 0 Å². The third-order valence-corrected chi connectivity index (χ3v) is 6.65. The minimum Gasteiger partial charge on any atom is -0.203 e. The maximum atomic E-state index is 14.2. The van der Waals surface area contributed by atoms with Crippen molar-refractivity contribution >= 4 is 0 Å². The molecule has 1 aromatic rings. The lowest BCUT2D eigenvalue weighted by atomic mass is 9.68. The van der Waals surface area contributed by atoms with E-state index in [0.29, 0.717) is 11.1 Å². The summed E-state index contributed by atoms with van der Waals surface area (Å²) in [6.07, 6.45) is 11.4. The average molecular weight is 324 g/mol. The van der Waals surface area contributed by atoms with E-state index in [1.165, 1.54) is 44.9 Å². The Hall–Kier alpha value is -0.920. The molecule has 2 fully saturated rings. The van der Waals surface area contributed by atoms with Crippen molar-refractivity contribution in [2.75, 3.05) is 0 Å². The molecule has 1 aromatic carbocycles. The van der Waals surface area contributed by atoms with Gasteiger partial charge in [-0.15, -0.1) is 0 Å². The van der Waals surface area contributed by atoms with Gasteiger partial charge >= 0.3 is 0 Å². The first-order valence-corrected chi connectivity index (χ1v) is 9.54. The summed E-state index contributed by atoms with van der Waals surface area (Å²) in [4.78, 5) is 0. The molecule has 0 spiro atoms. The second-order valence-electron chi connectivity index (χ2n) is 7.90. The summed E-state index contributed by atoms with van der Waals surface area (Å²) in [7, 11) is 0. The fourth-order valence-corrected chi connectivity index (χ4v) is 4.95. The van der Waals surface area contributed by atoms with Crippen molar-refractivity contribution in [2.24, 2.45) is 17.8 Å². The van der Waals surface area contributed by atoms with E-state index in [-0.39, 0.29) is 8.77 Å². The second-order valence-corrected chi connectivity index (χ2v) is 7.90. The molecule has 2 aliphatic carbocycles. The Morgan fingerprint density at radius 3 is 2.00 bits per heavy atom. The van der Waals surface area contributed by atoms with Crippen LogP contribution in [0.3, 0.4) is 0 Å². The number of aryl methyl sites for hydroxylation is 1. The van der Waals surface area contributed by atoms with E-state index in [9.17, 15) is 8.78 Å². The van der Waals surface area contributed by atoms with Gasteiger partial charge in [0.05, 0.1) is 0 Å². The summed E-state index contributed by atoms with van der Waals surface area (Å²) in [6.45, 7) is 3.94. The van der Waals surface area contributed by atoms with Crippen molar-refractivity contribution in [3.8, 4) is 0 Å². The molecule has 0 nitrogen and oxygen atoms in total. The second kappa shape index (κ2) is 7.32. The van der Waals surface area contributed by atoms with Crippen molar-refractivity contribution < 1.29 is 11.6 Å². The molecule has 3 rings (SSSR count). The molecule has 0 radical (unpaired) electrons. The minimum absolute atomic E-state index is 0. The number of hydrogen-bond donors (Lipinski definition) is 0. The van der Waals surface area contributed by atoms with Gasteiger partial charge in [-0.05, 0) is 80.2 Å². The molecule has 2 saturated carbocycles. The van der Waals surface area contributed by atoms with Gasteiger partial charge in [0, 0.05) is 2.85 Å². The molecular weight excluding hydrogens is 290 g/mol. The third kappa shape index (κ3) is 3.61. The van der Waals surface area contributed by atoms with Gasteiger partial charge in [0.1, 0.15) is 0 Å². The Balaban J connectivity index is 0.00000156. The maximum absolute atomic E-state index is 14.2. The lowest BCUT2D eigenvalue weighted by Crippen LogP contribution is -2.25. The summed E-state index contributed by atoms with van der Waals surface area (Å²) in [6, 6.07) is 3.54. The van der Waals surface area contributed by atoms with Crippen LogP contribution in [0.4, 0.5) is 8.78 Å². The molecule has 0 aliphatic heterocycles. The Morgan fingerprint density at radius 2 is 1.43 bits per heavy atom. The van der Waals surface area contributed by atoms with Gasteiger partial charge in [-0.1, -0.05) is 38.3 Å². The first-order valence-electron chi connectivity index (χ1n) is 9.54. The molecule has 2 heteroatoms. The van der Waals surface area contributed by atoms with Crippen LogP contribution in [-0.4, -0.2) is 0 Å². The number of benzene rings is 1. The summed E-state index contributed by atoms with van der Waals surface area (Å²) < 4.78 is 28.0. The van der Waals surface area contributed by atoms with E-state index in [1.54, 1.807) is 13.0 Å². The van der Waals surface area contributed by atoms with Crippen LogP contribution in [0.5, 0.6) is 0 Å². The summed E-state index contributed by atoms with van der Waals surface area (Å²) in [5.41, 5.74) is 1.02. The van der Waals surface area contributed by atoms with Crippen LogP contribution in [-0.2, 0) is 0 Å². The minimum atomic E-state index is -0.650. The number of hydrogen-bond acceptors (Lipinski definition) is 0. The summed E-state index contributed by atoms with van der Waals surface area (Å²) in [5.74, 6) is 1.63. The normalized spacial score (nSPS) is 32.0. The predicted octanol–water partition coefficient (Wildman–Crippen LogP) is 7.26. The van der Waals surface area contributed by atoms with Crippen LogP contribution in [0.2, 0.25) is 0 Å². The van der Waals surface area contributed by atoms with Crippen LogP contribution in [0, 0.1) is 36.3 Å². The monoisotopic (exact) mass is 324 g/mol. The van der Waals surface area contributed by atoms with Gasteiger partial charge in [-0.2, -0.15) is 0 Å². The van der Waals surface area contributed by atoms with Crippen LogP contribution in [0.1, 0.15) is 84.6 Å². The largest absolute Gasteiger partial charge is 0.203 e. The molecule has 0 aromatic heterocycles. The molecule has 23 heavy (non-hydrogen) atoms. The Labute approximate surface area is 142 Å². The SMILES string of the molecule is CCC1CCC(C2CCC(c3ccc(C)c(F)c3F)CC2)CC1.[HH].[HH]. The fourth-order valence-electron chi connectivity index (χ4n) is 4.95. The lowest BCUT2D eigenvalue weighted by Gasteiger charge is -2.38. The van der Waals surface area contributed by atoms with Crippen molar-refractivity contribution in [3.63, 3.8) is 0 Å². The van der Waals surface area contributed by atoms with Crippen molar-refractivity contribution in [1.29, 1.82) is 0 Å². The zero-order valence-corrected chi connectivity index (χ0v) is 14.6. The zero-order chi connectivity index (χ0) is 16.4. The zero-order valence-electron chi connectivity index (χ0n) is 14.6. The van der Waals surface area contributed by atoms with Crippen LogP contribution in [0.15, 0.2) is 12.1 Å². The van der Waals surface area contributed by atoms with Crippen molar-refractivity contribution in [3.05, 3.63) is 34.9 Å². The van der Waals surface area contributed by atoms with Crippen molar-refractivity contribution in [1.82, 2.24) is 0 Å². The van der Waals surface area contributed by atoms with Gasteiger partial charge < -0.3 is 0 Å². The van der Waals surface area contributed by atoms with E-state index < -0.39 is 11.6 Å². The predicted molar refractivity (Wildman–Crippen MR) is 95.8 cm³/mol. The maximum Gasteiger partial charge on any atom is 0.162 e. The van der Waals surface area contributed by atoms with Gasteiger partial charge in [-0.25, -0.2) is 8.78 Å². The van der Waals surface area contributed by atoms with Gasteiger partial charge in [-0.3, -0.25) is 0 Å². The van der Waals surface area contributed by atoms with E-state index in [2.05, 4.69) is 6.92 Å². The lowest BCUT2D eigenvalue weighted by molar-refractivity contribution is 0.158. The van der Waals surface area contributed by atoms with E-state index in [1.807, 2.05) is 6.07 Å². The first-order chi connectivity index (χ1) is 11.1. The summed E-state index contributed by atoms with van der Waals surface area (Å²) >= 11 is 0. The molecule has 0 heterocycles. The highest BCUT2D eigenvalue weighted by Gasteiger charge is 2.32. The molecule has 0 amide bonds. The Morgan fingerprint density at radius 1 is 0.870 bits per heavy atom. The average Bonchev–Trinajstić information content (AvgIpc) is 2.60. The molecule has 2 aliphatic rings. The smallest absolute Gasteiger partial charge is 0.162 e. The molecule has 0 unspecified atom stereocenters. The van der Waals surface area contributed by atoms with Gasteiger partial charge in [0.15, 0.2) is 11.6 Å². The quantitative estimate of drug-likeness (QED) is 0.549. The van der Waals surface area contributed by atoms with Crippen molar-refractivity contribution in [2.45, 2.75) is 77.6 Å². The molecule has 132 valence electrons. The van der Waals surface area contributed by atoms with Crippen LogP contribution in [0.25, 0.3) is 0 Å². The fraction of sp³-hybridized carbons (Fsp3) is 0.714. The van der Waals surface area contributed by atoms with Gasteiger partial charge in [0.2, 0.25) is 0 Å². The summed E-state index contributed by atoms with van der Waals surface area (Å²) in [5, 5.41) is 0. The van der Waals surface area contributed by atoms with E-state index >= 15 is 0 Å². The highest BCUT2D eigenvalue weighted by molar-refractivity contribution is 5.28. The Bertz CT molecular complexity index is 531. The molecular formula is C21H34F2. The standard InChI is InChI=1S/C21H30F2.2H2/c1-3-15-5-7-16(8-6-15)17-9-11-18(12-10-17)19-13-4-14(2)20(22)21(19)23;;/h4,13,15-18H,3,5-12H2,1-2H3;2*1H. The van der Waals surface area contributed by atoms with E-state index in [0.717, 1.165) is 30.6 Å². The number of rotatable bonds is 3. The van der Waals surface area contributed by atoms with Gasteiger partial charge in [0.25, 0.3) is 0 Å². The van der Waals surface area contributed by atoms with E-state index in [4.69, 9.17) is 0 Å². The molecule has 0 N–H and O–H groups in total. The highest BCUT2D eigenvalue weighted by atomic mass is 19.2. The highest BCUT2D eigenvalue weighted by Crippen LogP contribution is 2.44. The molecule has 0 saturated heterocycles. The number of halogens is 2. The molecule has 0 atom stereocenters. The first kappa shape index (κ1) is 16.9. The Kier molecular flexibility index (Phi) is 5.38. The molecule has 0 bridgehead atoms.